The van der Waals surface area contributed by atoms with Gasteiger partial charge in [0.25, 0.3) is 5.91 Å². The summed E-state index contributed by atoms with van der Waals surface area (Å²) in [6.07, 6.45) is 9.12. The fraction of sp³-hybridized carbons (Fsp3) is 0.118. The average molecular weight is 309 g/mol. The molecule has 5 N–H and O–H groups in total. The Labute approximate surface area is 134 Å². The quantitative estimate of drug-likeness (QED) is 0.369. The van der Waals surface area contributed by atoms with E-state index in [2.05, 4.69) is 15.7 Å². The molecule has 1 atom stereocenters. The van der Waals surface area contributed by atoms with Gasteiger partial charge in [-0.3, -0.25) is 15.0 Å². The van der Waals surface area contributed by atoms with Crippen LogP contribution in [0, 0.1) is 31.6 Å². The molecule has 117 valence electrons. The highest BCUT2D eigenvalue weighted by Gasteiger charge is 2.29. The molecule has 0 saturated heterocycles. The first-order chi connectivity index (χ1) is 11.2. The molecule has 6 nitrogen and oxygen atoms in total. The molecule has 6 heteroatoms. The predicted octanol–water partition coefficient (Wildman–Crippen LogP) is 0.590. The van der Waals surface area contributed by atoms with E-state index in [0.29, 0.717) is 12.3 Å². The third kappa shape index (κ3) is 3.37. The number of nitrogens with two attached hydrogens (primary N) is 1. The molecular formula is C17H17N4O2. The second-order valence-corrected chi connectivity index (χ2v) is 5.27. The number of fused-ring (bicyclic) bond motifs is 1. The Kier molecular flexibility index (Phi) is 4.62. The van der Waals surface area contributed by atoms with Gasteiger partial charge < -0.3 is 10.3 Å². The average Bonchev–Trinajstić information content (AvgIpc) is 3.23. The number of rotatable bonds is 5. The number of hydrazine groups is 1. The van der Waals surface area contributed by atoms with Crippen molar-refractivity contribution in [3.05, 3.63) is 67.6 Å². The van der Waals surface area contributed by atoms with Gasteiger partial charge >= 0.3 is 0 Å². The van der Waals surface area contributed by atoms with Gasteiger partial charge in [0.15, 0.2) is 0 Å². The van der Waals surface area contributed by atoms with Gasteiger partial charge in [0.05, 0.1) is 5.92 Å². The fourth-order valence-corrected chi connectivity index (χ4v) is 2.60. The van der Waals surface area contributed by atoms with Crippen molar-refractivity contribution in [1.82, 2.24) is 15.7 Å². The van der Waals surface area contributed by atoms with Crippen LogP contribution in [-0.2, 0) is 16.0 Å². The van der Waals surface area contributed by atoms with Crippen LogP contribution in [0.4, 0.5) is 0 Å². The number of H-pyrrole nitrogens is 1. The van der Waals surface area contributed by atoms with E-state index in [1.807, 2.05) is 30.5 Å². The maximum Gasteiger partial charge on any atom is 0.256 e. The van der Waals surface area contributed by atoms with Crippen LogP contribution in [0.5, 0.6) is 0 Å². The molecule has 1 aliphatic rings. The van der Waals surface area contributed by atoms with E-state index in [1.54, 1.807) is 25.7 Å². The lowest BCUT2D eigenvalue weighted by Gasteiger charge is -2.18. The van der Waals surface area contributed by atoms with E-state index < -0.39 is 11.9 Å². The van der Waals surface area contributed by atoms with E-state index in [1.165, 1.54) is 0 Å². The molecule has 0 spiro atoms. The zero-order valence-corrected chi connectivity index (χ0v) is 12.4. The van der Waals surface area contributed by atoms with E-state index in [4.69, 9.17) is 5.84 Å². The van der Waals surface area contributed by atoms with E-state index in [-0.39, 0.29) is 5.91 Å². The third-order valence-corrected chi connectivity index (χ3v) is 3.79. The molecule has 2 aromatic rings. The molecule has 0 bridgehead atoms. The number of aromatic nitrogens is 1. The van der Waals surface area contributed by atoms with Gasteiger partial charge in [0.2, 0.25) is 5.91 Å². The summed E-state index contributed by atoms with van der Waals surface area (Å²) in [4.78, 5) is 27.4. The predicted molar refractivity (Wildman–Crippen MR) is 86.7 cm³/mol. The van der Waals surface area contributed by atoms with Crippen molar-refractivity contribution in [1.29, 1.82) is 0 Å². The van der Waals surface area contributed by atoms with Crippen LogP contribution in [0.1, 0.15) is 5.56 Å². The highest BCUT2D eigenvalue weighted by Crippen LogP contribution is 2.24. The number of nitrogens with one attached hydrogen (secondary N) is 3. The van der Waals surface area contributed by atoms with Gasteiger partial charge in [-0.2, -0.15) is 0 Å². The normalized spacial score (nSPS) is 16.4. The van der Waals surface area contributed by atoms with Crippen LogP contribution in [0.3, 0.4) is 0 Å². The largest absolute Gasteiger partial charge is 0.361 e. The van der Waals surface area contributed by atoms with Crippen molar-refractivity contribution in [2.45, 2.75) is 12.5 Å². The van der Waals surface area contributed by atoms with Gasteiger partial charge in [-0.1, -0.05) is 18.2 Å². The van der Waals surface area contributed by atoms with Gasteiger partial charge in [0, 0.05) is 23.5 Å². The van der Waals surface area contributed by atoms with Gasteiger partial charge in [-0.05, 0) is 37.3 Å². The van der Waals surface area contributed by atoms with Crippen molar-refractivity contribution >= 4 is 22.7 Å². The second-order valence-electron chi connectivity index (χ2n) is 5.27. The first-order valence-electron chi connectivity index (χ1n) is 7.27. The number of aromatic amines is 1. The first-order valence-corrected chi connectivity index (χ1v) is 7.27. The van der Waals surface area contributed by atoms with Crippen molar-refractivity contribution < 1.29 is 9.59 Å². The van der Waals surface area contributed by atoms with Crippen LogP contribution >= 0.6 is 0 Å². The highest BCUT2D eigenvalue weighted by atomic mass is 16.2. The van der Waals surface area contributed by atoms with Crippen molar-refractivity contribution in [2.75, 3.05) is 0 Å². The van der Waals surface area contributed by atoms with Gasteiger partial charge in [-0.15, -0.1) is 0 Å². The van der Waals surface area contributed by atoms with E-state index >= 15 is 0 Å². The lowest BCUT2D eigenvalue weighted by molar-refractivity contribution is -0.127. The summed E-state index contributed by atoms with van der Waals surface area (Å²) in [5.74, 6) is 5.03. The molecular weight excluding hydrogens is 292 g/mol. The molecule has 3 rings (SSSR count). The van der Waals surface area contributed by atoms with Gasteiger partial charge in [-0.25, -0.2) is 5.84 Å². The van der Waals surface area contributed by atoms with Crippen LogP contribution in [0.2, 0.25) is 0 Å². The monoisotopic (exact) mass is 309 g/mol. The number of carbonyl (C=O) groups is 2. The van der Waals surface area contributed by atoms with Crippen molar-refractivity contribution in [3.63, 3.8) is 0 Å². The Balaban J connectivity index is 1.76. The molecule has 1 heterocycles. The summed E-state index contributed by atoms with van der Waals surface area (Å²) in [6.45, 7) is 0. The van der Waals surface area contributed by atoms with Crippen molar-refractivity contribution in [3.8, 4) is 0 Å². The van der Waals surface area contributed by atoms with Crippen LogP contribution < -0.4 is 16.6 Å². The summed E-state index contributed by atoms with van der Waals surface area (Å²) in [5, 5.41) is 3.75. The Morgan fingerprint density at radius 2 is 1.91 bits per heavy atom. The molecule has 0 unspecified atom stereocenters. The summed E-state index contributed by atoms with van der Waals surface area (Å²) < 4.78 is 0. The van der Waals surface area contributed by atoms with Crippen LogP contribution in [0.25, 0.3) is 10.9 Å². The SMILES string of the molecule is NNC(=O)[C@H](Cc1c[nH]c2ccccc12)NC(=O)[C]1[CH][CH][CH][CH]1. The minimum Gasteiger partial charge on any atom is -0.361 e. The zero-order chi connectivity index (χ0) is 16.2. The molecule has 1 aliphatic carbocycles. The smallest absolute Gasteiger partial charge is 0.256 e. The molecule has 1 saturated carbocycles. The number of hydrogen-bond acceptors (Lipinski definition) is 3. The molecule has 1 fully saturated rings. The first kappa shape index (κ1) is 15.6. The summed E-state index contributed by atoms with van der Waals surface area (Å²) in [6, 6.07) is 7.04. The number of para-hydroxylation sites is 1. The Bertz CT molecular complexity index is 703. The summed E-state index contributed by atoms with van der Waals surface area (Å²) in [5.41, 5.74) is 4.04. The fourth-order valence-electron chi connectivity index (χ4n) is 2.60. The minimum atomic E-state index is -0.749. The lowest BCUT2D eigenvalue weighted by Crippen LogP contribution is -2.51. The molecule has 0 aliphatic heterocycles. The topological polar surface area (TPSA) is 100 Å². The number of benzene rings is 1. The van der Waals surface area contributed by atoms with E-state index in [0.717, 1.165) is 16.5 Å². The summed E-state index contributed by atoms with van der Waals surface area (Å²) >= 11 is 0. The van der Waals surface area contributed by atoms with Crippen LogP contribution in [-0.4, -0.2) is 22.8 Å². The maximum absolute atomic E-state index is 12.2. The highest BCUT2D eigenvalue weighted by molar-refractivity contribution is 5.99. The molecule has 5 radical (unpaired) electrons. The number of hydrogen-bond donors (Lipinski definition) is 4. The molecule has 1 aromatic heterocycles. The van der Waals surface area contributed by atoms with Crippen LogP contribution in [0.15, 0.2) is 30.5 Å². The third-order valence-electron chi connectivity index (χ3n) is 3.79. The molecule has 23 heavy (non-hydrogen) atoms. The standard InChI is InChI=1S/C17H17N4O2/c18-21-17(23)15(20-16(22)11-5-1-2-6-11)9-12-10-19-14-8-4-3-7-13(12)14/h1-8,10,15,19H,9,18H2,(H,20,22)(H,21,23)/t15-/m0/s1. The minimum absolute atomic E-state index is 0.302. The van der Waals surface area contributed by atoms with E-state index in [9.17, 15) is 9.59 Å². The number of amides is 2. The Morgan fingerprint density at radius 3 is 2.65 bits per heavy atom. The van der Waals surface area contributed by atoms with Crippen molar-refractivity contribution in [2.24, 2.45) is 5.84 Å². The maximum atomic E-state index is 12.2. The summed E-state index contributed by atoms with van der Waals surface area (Å²) in [7, 11) is 0. The number of carbonyl (C=O) groups excluding carboxylic acids is 2. The van der Waals surface area contributed by atoms with Gasteiger partial charge in [0.1, 0.15) is 6.04 Å². The Hall–Kier alpha value is -2.34. The zero-order valence-electron chi connectivity index (χ0n) is 12.4. The lowest BCUT2D eigenvalue weighted by atomic mass is 10.0. The second kappa shape index (κ2) is 6.83. The molecule has 1 aromatic carbocycles. The Morgan fingerprint density at radius 1 is 1.17 bits per heavy atom. The molecule has 2 amide bonds.